The Morgan fingerprint density at radius 1 is 1.09 bits per heavy atom. The van der Waals surface area contributed by atoms with E-state index >= 15 is 0 Å². The van der Waals surface area contributed by atoms with Gasteiger partial charge in [0.25, 0.3) is 0 Å². The summed E-state index contributed by atoms with van der Waals surface area (Å²) in [5, 5.41) is 2.49. The van der Waals surface area contributed by atoms with Crippen molar-refractivity contribution < 1.29 is 4.74 Å². The fraction of sp³-hybridized carbons (Fsp3) is 0.500. The number of rotatable bonds is 2. The van der Waals surface area contributed by atoms with Crippen molar-refractivity contribution in [3.63, 3.8) is 0 Å². The van der Waals surface area contributed by atoms with Crippen LogP contribution in [0.1, 0.15) is 57.4 Å². The Morgan fingerprint density at radius 3 is 2.88 bits per heavy atom. The van der Waals surface area contributed by atoms with Crippen LogP contribution < -0.4 is 0 Å². The summed E-state index contributed by atoms with van der Waals surface area (Å²) < 4.78 is 7.39. The van der Waals surface area contributed by atoms with Crippen molar-refractivity contribution in [2.45, 2.75) is 69.1 Å². The van der Waals surface area contributed by atoms with Crippen LogP contribution in [0.4, 0.5) is 0 Å². The lowest BCUT2D eigenvalue weighted by Crippen LogP contribution is -2.54. The van der Waals surface area contributed by atoms with Crippen LogP contribution in [-0.2, 0) is 4.74 Å². The zero-order valence-electron chi connectivity index (χ0n) is 20.1. The summed E-state index contributed by atoms with van der Waals surface area (Å²) in [7, 11) is 4.47. The van der Waals surface area contributed by atoms with E-state index in [1.165, 1.54) is 53.2 Å². The van der Waals surface area contributed by atoms with Crippen LogP contribution in [0, 0.1) is 11.3 Å². The third kappa shape index (κ3) is 2.61. The SMILES string of the molecule is CN(C)[C@@H]1CCC2=CC3=CC[C@]4(C)C(c5ccc6ccncc6c5)=CC[C@H]4[C@@]34CCC2(C1)O4. The number of aromatic nitrogens is 1. The topological polar surface area (TPSA) is 25.4 Å². The minimum Gasteiger partial charge on any atom is -0.359 e. The van der Waals surface area contributed by atoms with Crippen LogP contribution in [-0.4, -0.2) is 41.2 Å². The first-order valence-electron chi connectivity index (χ1n) is 12.8. The molecular weight excluding hydrogens is 404 g/mol. The lowest BCUT2D eigenvalue weighted by molar-refractivity contribution is -0.134. The molecule has 170 valence electrons. The quantitative estimate of drug-likeness (QED) is 0.549. The van der Waals surface area contributed by atoms with Gasteiger partial charge in [0.1, 0.15) is 0 Å². The van der Waals surface area contributed by atoms with Crippen LogP contribution in [0.2, 0.25) is 0 Å². The van der Waals surface area contributed by atoms with E-state index in [1.54, 1.807) is 5.57 Å². The minimum absolute atomic E-state index is 0.0276. The van der Waals surface area contributed by atoms with Crippen molar-refractivity contribution in [1.82, 2.24) is 9.88 Å². The van der Waals surface area contributed by atoms with Crippen molar-refractivity contribution in [3.05, 3.63) is 71.6 Å². The molecule has 3 aliphatic carbocycles. The van der Waals surface area contributed by atoms with Crippen LogP contribution in [0.5, 0.6) is 0 Å². The monoisotopic (exact) mass is 438 g/mol. The highest BCUT2D eigenvalue weighted by atomic mass is 16.5. The van der Waals surface area contributed by atoms with Crippen LogP contribution in [0.25, 0.3) is 16.3 Å². The molecule has 1 aromatic heterocycles. The van der Waals surface area contributed by atoms with Crippen LogP contribution in [0.15, 0.2) is 66.0 Å². The minimum atomic E-state index is -0.110. The summed E-state index contributed by atoms with van der Waals surface area (Å²) >= 11 is 0. The summed E-state index contributed by atoms with van der Waals surface area (Å²) in [5.74, 6) is 0.515. The first-order chi connectivity index (χ1) is 15.9. The van der Waals surface area contributed by atoms with Crippen molar-refractivity contribution in [2.24, 2.45) is 11.3 Å². The van der Waals surface area contributed by atoms with Gasteiger partial charge in [0.15, 0.2) is 0 Å². The van der Waals surface area contributed by atoms with Gasteiger partial charge < -0.3 is 9.64 Å². The maximum Gasteiger partial charge on any atom is 0.0980 e. The van der Waals surface area contributed by atoms with E-state index in [1.807, 2.05) is 12.4 Å². The molecule has 7 rings (SSSR count). The molecule has 2 fully saturated rings. The molecule has 1 unspecified atom stereocenters. The van der Waals surface area contributed by atoms with Crippen LogP contribution >= 0.6 is 0 Å². The van der Waals surface area contributed by atoms with E-state index in [0.29, 0.717) is 12.0 Å². The Kier molecular flexibility index (Phi) is 4.08. The summed E-state index contributed by atoms with van der Waals surface area (Å²) in [5.41, 5.74) is 5.93. The number of benzene rings is 1. The Balaban J connectivity index is 1.28. The summed E-state index contributed by atoms with van der Waals surface area (Å²) in [6.45, 7) is 2.50. The van der Waals surface area contributed by atoms with E-state index in [4.69, 9.17) is 4.74 Å². The highest BCUT2D eigenvalue weighted by Gasteiger charge is 2.65. The van der Waals surface area contributed by atoms with Gasteiger partial charge in [0.2, 0.25) is 0 Å². The molecule has 1 saturated carbocycles. The van der Waals surface area contributed by atoms with Crippen molar-refractivity contribution in [1.29, 1.82) is 0 Å². The van der Waals surface area contributed by atoms with E-state index in [0.717, 1.165) is 19.3 Å². The summed E-state index contributed by atoms with van der Waals surface area (Å²) in [6, 6.07) is 9.65. The third-order valence-electron chi connectivity index (χ3n) is 9.93. The second-order valence-corrected chi connectivity index (χ2v) is 11.6. The van der Waals surface area contributed by atoms with Gasteiger partial charge in [-0.2, -0.15) is 0 Å². The van der Waals surface area contributed by atoms with Crippen molar-refractivity contribution in [2.75, 3.05) is 14.1 Å². The van der Waals surface area contributed by atoms with Gasteiger partial charge in [-0.3, -0.25) is 4.98 Å². The fourth-order valence-corrected chi connectivity index (χ4v) is 8.10. The molecule has 2 spiro atoms. The Bertz CT molecular complexity index is 1250. The number of fused-ring (bicyclic) bond motifs is 2. The molecule has 3 heteroatoms. The van der Waals surface area contributed by atoms with E-state index in [-0.39, 0.29) is 16.6 Å². The molecule has 2 bridgehead atoms. The van der Waals surface area contributed by atoms with Gasteiger partial charge in [-0.25, -0.2) is 0 Å². The molecule has 1 aromatic carbocycles. The van der Waals surface area contributed by atoms with Crippen molar-refractivity contribution in [3.8, 4) is 0 Å². The average molecular weight is 439 g/mol. The van der Waals surface area contributed by atoms with Gasteiger partial charge in [0, 0.05) is 35.2 Å². The van der Waals surface area contributed by atoms with E-state index < -0.39 is 0 Å². The number of nitrogens with zero attached hydrogens (tertiary/aromatic N) is 2. The first kappa shape index (κ1) is 20.2. The second kappa shape index (κ2) is 6.67. The summed E-state index contributed by atoms with van der Waals surface area (Å²) in [6.07, 6.45) is 19.7. The molecule has 33 heavy (non-hydrogen) atoms. The molecule has 0 amide bonds. The van der Waals surface area contributed by atoms with E-state index in [9.17, 15) is 0 Å². The van der Waals surface area contributed by atoms with Gasteiger partial charge in [-0.05, 0) is 98.8 Å². The Hall–Kier alpha value is -2.23. The number of ether oxygens (including phenoxy) is 1. The molecule has 1 saturated heterocycles. The third-order valence-corrected chi connectivity index (χ3v) is 9.93. The number of hydrogen-bond donors (Lipinski definition) is 0. The smallest absolute Gasteiger partial charge is 0.0980 e. The normalized spacial score (nSPS) is 39.0. The molecule has 0 N–H and O–H groups in total. The average Bonchev–Trinajstić information content (AvgIpc) is 3.33. The lowest BCUT2D eigenvalue weighted by Gasteiger charge is -2.54. The maximum absolute atomic E-state index is 7.39. The largest absolute Gasteiger partial charge is 0.359 e. The molecule has 5 aliphatic rings. The zero-order valence-corrected chi connectivity index (χ0v) is 20.1. The van der Waals surface area contributed by atoms with Gasteiger partial charge in [0.05, 0.1) is 11.2 Å². The summed E-state index contributed by atoms with van der Waals surface area (Å²) in [4.78, 5) is 6.78. The fourth-order valence-electron chi connectivity index (χ4n) is 8.10. The molecule has 5 atom stereocenters. The molecule has 2 aliphatic heterocycles. The maximum atomic E-state index is 7.39. The number of hydrogen-bond acceptors (Lipinski definition) is 3. The first-order valence-corrected chi connectivity index (χ1v) is 12.8. The molecule has 3 nitrogen and oxygen atoms in total. The predicted molar refractivity (Wildman–Crippen MR) is 134 cm³/mol. The Morgan fingerprint density at radius 2 is 2.00 bits per heavy atom. The predicted octanol–water partition coefficient (Wildman–Crippen LogP) is 6.32. The zero-order chi connectivity index (χ0) is 22.4. The standard InChI is InChI=1S/C30H34N2O/c1-28-12-10-24-17-23-6-7-25(32(2)3)18-29(23)13-14-30(24,33-29)27(28)9-8-26(28)21-5-4-20-11-15-31-19-22(20)16-21/h4-5,8,10-11,15-17,19,25,27H,6-7,9,12-14,18H2,1-3H3/t25-,27-,28-,29?,30-/m1/s1. The highest BCUT2D eigenvalue weighted by Crippen LogP contribution is 2.67. The van der Waals surface area contributed by atoms with E-state index in [2.05, 4.69) is 73.4 Å². The highest BCUT2D eigenvalue weighted by molar-refractivity contribution is 5.87. The van der Waals surface area contributed by atoms with Crippen LogP contribution in [0.3, 0.4) is 0 Å². The Labute approximate surface area is 197 Å². The van der Waals surface area contributed by atoms with Gasteiger partial charge in [-0.1, -0.05) is 37.3 Å². The molecular formula is C30H34N2O. The molecule has 0 radical (unpaired) electrons. The number of allylic oxidation sites excluding steroid dienone is 3. The van der Waals surface area contributed by atoms with Gasteiger partial charge >= 0.3 is 0 Å². The lowest BCUT2D eigenvalue weighted by atomic mass is 9.58. The second-order valence-electron chi connectivity index (χ2n) is 11.6. The van der Waals surface area contributed by atoms with Gasteiger partial charge in [-0.15, -0.1) is 0 Å². The number of pyridine rings is 1. The van der Waals surface area contributed by atoms with Crippen molar-refractivity contribution >= 4 is 16.3 Å². The molecule has 2 aromatic rings. The molecule has 3 heterocycles.